The Kier molecular flexibility index (Phi) is 5.68. The highest BCUT2D eigenvalue weighted by molar-refractivity contribution is 5.97. The Morgan fingerprint density at radius 1 is 1.19 bits per heavy atom. The van der Waals surface area contributed by atoms with E-state index in [4.69, 9.17) is 10.5 Å². The second-order valence-corrected chi connectivity index (χ2v) is 5.71. The lowest BCUT2D eigenvalue weighted by Crippen LogP contribution is -2.31. The fourth-order valence-corrected chi connectivity index (χ4v) is 2.58. The molecule has 0 saturated carbocycles. The van der Waals surface area contributed by atoms with E-state index in [-0.39, 0.29) is 11.5 Å². The summed E-state index contributed by atoms with van der Waals surface area (Å²) in [4.78, 5) is 12.2. The fraction of sp³-hybridized carbons (Fsp3) is 0.158. The van der Waals surface area contributed by atoms with E-state index in [1.54, 1.807) is 25.3 Å². The van der Waals surface area contributed by atoms with Crippen molar-refractivity contribution in [2.45, 2.75) is 0 Å². The zero-order valence-corrected chi connectivity index (χ0v) is 14.8. The Bertz CT molecular complexity index is 927. The minimum atomic E-state index is -0.470. The predicted molar refractivity (Wildman–Crippen MR) is 102 cm³/mol. The Hall–Kier alpha value is -3.39. The van der Waals surface area contributed by atoms with E-state index in [1.165, 1.54) is 10.7 Å². The summed E-state index contributed by atoms with van der Waals surface area (Å²) in [5.41, 5.74) is 7.90. The molecule has 0 radical (unpaired) electrons. The van der Waals surface area contributed by atoms with E-state index in [9.17, 15) is 9.18 Å². The van der Waals surface area contributed by atoms with Crippen molar-refractivity contribution in [2.75, 3.05) is 31.3 Å². The SMILES string of the molecule is COCCNC(=O)Nc1c(-c2ccccc2)nn(-c2ccccc2F)c1N. The first-order valence-electron chi connectivity index (χ1n) is 8.34. The fourth-order valence-electron chi connectivity index (χ4n) is 2.58. The molecule has 0 spiro atoms. The van der Waals surface area contributed by atoms with E-state index >= 15 is 0 Å². The van der Waals surface area contributed by atoms with Crippen molar-refractivity contribution in [2.24, 2.45) is 0 Å². The van der Waals surface area contributed by atoms with E-state index in [1.807, 2.05) is 30.3 Å². The van der Waals surface area contributed by atoms with Gasteiger partial charge in [0.15, 0.2) is 5.82 Å². The summed E-state index contributed by atoms with van der Waals surface area (Å²) >= 11 is 0. The zero-order valence-electron chi connectivity index (χ0n) is 14.8. The summed E-state index contributed by atoms with van der Waals surface area (Å²) < 4.78 is 20.4. The Labute approximate surface area is 155 Å². The molecule has 3 rings (SSSR count). The molecule has 0 aliphatic carbocycles. The second-order valence-electron chi connectivity index (χ2n) is 5.71. The van der Waals surface area contributed by atoms with E-state index in [0.717, 1.165) is 5.56 Å². The third-order valence-electron chi connectivity index (χ3n) is 3.88. The van der Waals surface area contributed by atoms with Crippen molar-refractivity contribution in [3.8, 4) is 16.9 Å². The topological polar surface area (TPSA) is 94.2 Å². The maximum Gasteiger partial charge on any atom is 0.319 e. The number of nitrogens with two attached hydrogens (primary N) is 1. The molecule has 3 aromatic rings. The number of ether oxygens (including phenoxy) is 1. The predicted octanol–water partition coefficient (Wildman–Crippen LogP) is 3.03. The number of urea groups is 1. The van der Waals surface area contributed by atoms with Crippen molar-refractivity contribution in [1.82, 2.24) is 15.1 Å². The lowest BCUT2D eigenvalue weighted by molar-refractivity contribution is 0.198. The van der Waals surface area contributed by atoms with Crippen molar-refractivity contribution >= 4 is 17.5 Å². The van der Waals surface area contributed by atoms with Crippen LogP contribution in [0.25, 0.3) is 16.9 Å². The van der Waals surface area contributed by atoms with E-state index in [2.05, 4.69) is 15.7 Å². The average Bonchev–Trinajstić information content (AvgIpc) is 2.99. The molecule has 1 aromatic heterocycles. The first kappa shape index (κ1) is 18.4. The number of aromatic nitrogens is 2. The number of halogens is 1. The summed E-state index contributed by atoms with van der Waals surface area (Å²) in [6.45, 7) is 0.716. The molecule has 0 atom stereocenters. The van der Waals surface area contributed by atoms with Crippen LogP contribution in [0.2, 0.25) is 0 Å². The van der Waals surface area contributed by atoms with Gasteiger partial charge in [-0.3, -0.25) is 0 Å². The molecule has 1 heterocycles. The molecule has 0 unspecified atom stereocenters. The van der Waals surface area contributed by atoms with Crippen molar-refractivity contribution in [3.05, 3.63) is 60.4 Å². The number of anilines is 2. The zero-order chi connectivity index (χ0) is 19.2. The second kappa shape index (κ2) is 8.33. The van der Waals surface area contributed by atoms with Gasteiger partial charge >= 0.3 is 6.03 Å². The molecule has 0 aliphatic heterocycles. The normalized spacial score (nSPS) is 10.6. The molecule has 140 valence electrons. The molecule has 2 amide bonds. The standard InChI is InChI=1S/C19H20FN5O2/c1-27-12-11-22-19(26)23-17-16(13-7-3-2-4-8-13)24-25(18(17)21)15-10-6-5-9-14(15)20/h2-10H,11-12,21H2,1H3,(H2,22,23,26). The minimum Gasteiger partial charge on any atom is -0.383 e. The molecule has 0 bridgehead atoms. The summed E-state index contributed by atoms with van der Waals surface area (Å²) in [5.74, 6) is -0.344. The summed E-state index contributed by atoms with van der Waals surface area (Å²) in [6.07, 6.45) is 0. The Morgan fingerprint density at radius 3 is 2.59 bits per heavy atom. The highest BCUT2D eigenvalue weighted by Crippen LogP contribution is 2.34. The van der Waals surface area contributed by atoms with Gasteiger partial charge in [-0.05, 0) is 12.1 Å². The third-order valence-corrected chi connectivity index (χ3v) is 3.88. The highest BCUT2D eigenvalue weighted by Gasteiger charge is 2.21. The van der Waals surface area contributed by atoms with Crippen LogP contribution in [0.15, 0.2) is 54.6 Å². The van der Waals surface area contributed by atoms with Crippen LogP contribution in [0.5, 0.6) is 0 Å². The lowest BCUT2D eigenvalue weighted by atomic mass is 10.1. The van der Waals surface area contributed by atoms with Crippen LogP contribution in [0.3, 0.4) is 0 Å². The van der Waals surface area contributed by atoms with Crippen LogP contribution >= 0.6 is 0 Å². The number of amides is 2. The van der Waals surface area contributed by atoms with Crippen molar-refractivity contribution in [1.29, 1.82) is 0 Å². The third kappa shape index (κ3) is 4.06. The smallest absolute Gasteiger partial charge is 0.319 e. The van der Waals surface area contributed by atoms with Gasteiger partial charge in [0.2, 0.25) is 0 Å². The number of nitrogen functional groups attached to an aromatic ring is 1. The van der Waals surface area contributed by atoms with Gasteiger partial charge in [-0.1, -0.05) is 42.5 Å². The number of methoxy groups -OCH3 is 1. The van der Waals surface area contributed by atoms with Crippen molar-refractivity contribution in [3.63, 3.8) is 0 Å². The summed E-state index contributed by atoms with van der Waals surface area (Å²) in [6, 6.07) is 14.9. The Morgan fingerprint density at radius 2 is 1.89 bits per heavy atom. The number of hydrogen-bond donors (Lipinski definition) is 3. The molecule has 4 N–H and O–H groups in total. The van der Waals surface area contributed by atoms with Crippen LogP contribution in [0.4, 0.5) is 20.7 Å². The first-order chi connectivity index (χ1) is 13.1. The molecule has 27 heavy (non-hydrogen) atoms. The van der Waals surface area contributed by atoms with E-state index < -0.39 is 11.8 Å². The van der Waals surface area contributed by atoms with Crippen LogP contribution in [-0.2, 0) is 4.74 Å². The van der Waals surface area contributed by atoms with Gasteiger partial charge in [0.1, 0.15) is 22.9 Å². The van der Waals surface area contributed by atoms with Gasteiger partial charge in [0.05, 0.1) is 6.61 Å². The number of para-hydroxylation sites is 1. The number of benzene rings is 2. The monoisotopic (exact) mass is 369 g/mol. The Balaban J connectivity index is 2.02. The van der Waals surface area contributed by atoms with Gasteiger partial charge in [0, 0.05) is 19.2 Å². The van der Waals surface area contributed by atoms with Gasteiger partial charge in [-0.15, -0.1) is 0 Å². The molecule has 0 aliphatic rings. The minimum absolute atomic E-state index is 0.126. The average molecular weight is 369 g/mol. The van der Waals surface area contributed by atoms with Gasteiger partial charge in [-0.25, -0.2) is 13.9 Å². The molecular weight excluding hydrogens is 349 g/mol. The highest BCUT2D eigenvalue weighted by atomic mass is 19.1. The number of carbonyl (C=O) groups excluding carboxylic acids is 1. The van der Waals surface area contributed by atoms with Crippen molar-refractivity contribution < 1.29 is 13.9 Å². The number of rotatable bonds is 6. The maximum absolute atomic E-state index is 14.2. The van der Waals surface area contributed by atoms with E-state index in [0.29, 0.717) is 24.5 Å². The van der Waals surface area contributed by atoms with Gasteiger partial charge in [-0.2, -0.15) is 5.10 Å². The van der Waals surface area contributed by atoms with Gasteiger partial charge in [0.25, 0.3) is 0 Å². The maximum atomic E-state index is 14.2. The van der Waals surface area contributed by atoms with Crippen LogP contribution < -0.4 is 16.4 Å². The van der Waals surface area contributed by atoms with Crippen LogP contribution in [-0.4, -0.2) is 36.1 Å². The quantitative estimate of drug-likeness (QED) is 0.582. The first-order valence-corrected chi connectivity index (χ1v) is 8.34. The molecular formula is C19H20FN5O2. The number of hydrogen-bond acceptors (Lipinski definition) is 4. The van der Waals surface area contributed by atoms with Crippen LogP contribution in [0.1, 0.15) is 0 Å². The van der Waals surface area contributed by atoms with Gasteiger partial charge < -0.3 is 21.1 Å². The molecule has 0 saturated heterocycles. The molecule has 8 heteroatoms. The summed E-state index contributed by atoms with van der Waals surface area (Å²) in [5, 5.41) is 9.81. The molecule has 7 nitrogen and oxygen atoms in total. The lowest BCUT2D eigenvalue weighted by Gasteiger charge is -2.09. The summed E-state index contributed by atoms with van der Waals surface area (Å²) in [7, 11) is 1.55. The number of nitrogens with one attached hydrogen (secondary N) is 2. The molecule has 0 fully saturated rings. The number of carbonyl (C=O) groups is 1. The molecule has 2 aromatic carbocycles. The largest absolute Gasteiger partial charge is 0.383 e. The van der Waals surface area contributed by atoms with Crippen LogP contribution in [0, 0.1) is 5.82 Å². The number of nitrogens with zero attached hydrogens (tertiary/aromatic N) is 2.